The zero-order valence-electron chi connectivity index (χ0n) is 16.5. The number of benzene rings is 2. The zero-order chi connectivity index (χ0) is 21.4. The van der Waals surface area contributed by atoms with Gasteiger partial charge in [0.25, 0.3) is 6.43 Å². The molecule has 6 nitrogen and oxygen atoms in total. The van der Waals surface area contributed by atoms with E-state index in [4.69, 9.17) is 9.47 Å². The number of rotatable bonds is 6. The Morgan fingerprint density at radius 3 is 2.47 bits per heavy atom. The van der Waals surface area contributed by atoms with Gasteiger partial charge in [0, 0.05) is 29.4 Å². The molecule has 30 heavy (non-hydrogen) atoms. The van der Waals surface area contributed by atoms with E-state index < -0.39 is 23.8 Å². The molecule has 0 saturated heterocycles. The SMILES string of the molecule is COc1cc2c(NC(C)c3cccc(C(F)F)c3F)nc3nccn3c2cc1OC. The summed E-state index contributed by atoms with van der Waals surface area (Å²) in [5, 5.41) is 3.81. The van der Waals surface area contributed by atoms with Crippen LogP contribution in [-0.2, 0) is 0 Å². The van der Waals surface area contributed by atoms with Crippen molar-refractivity contribution < 1.29 is 22.6 Å². The molecule has 2 aromatic heterocycles. The first-order valence-corrected chi connectivity index (χ1v) is 9.16. The van der Waals surface area contributed by atoms with Crippen LogP contribution < -0.4 is 14.8 Å². The lowest BCUT2D eigenvalue weighted by atomic mass is 10.0. The monoisotopic (exact) mass is 416 g/mol. The standard InChI is InChI=1S/C21H19F3N4O2/c1-11(12-5-4-6-13(18(12)22)19(23)24)26-20-14-9-16(29-2)17(30-3)10-15(14)28-8-7-25-21(28)27-20/h4-11,19H,1-3H3,(H,25,26,27). The summed E-state index contributed by atoms with van der Waals surface area (Å²) in [6, 6.07) is 6.87. The first kappa shape index (κ1) is 19.8. The second-order valence-electron chi connectivity index (χ2n) is 6.70. The van der Waals surface area contributed by atoms with Crippen molar-refractivity contribution in [1.29, 1.82) is 0 Å². The molecule has 0 saturated carbocycles. The molecule has 0 amide bonds. The van der Waals surface area contributed by atoms with E-state index in [-0.39, 0.29) is 5.56 Å². The zero-order valence-corrected chi connectivity index (χ0v) is 16.5. The summed E-state index contributed by atoms with van der Waals surface area (Å²) in [6.07, 6.45) is 0.474. The maximum absolute atomic E-state index is 14.6. The topological polar surface area (TPSA) is 60.7 Å². The Kier molecular flexibility index (Phi) is 5.11. The highest BCUT2D eigenvalue weighted by Gasteiger charge is 2.21. The minimum atomic E-state index is -2.89. The molecule has 156 valence electrons. The van der Waals surface area contributed by atoms with Gasteiger partial charge in [-0.05, 0) is 13.0 Å². The largest absolute Gasteiger partial charge is 0.493 e. The molecular weight excluding hydrogens is 397 g/mol. The van der Waals surface area contributed by atoms with Crippen molar-refractivity contribution in [2.45, 2.75) is 19.4 Å². The fraction of sp³-hybridized carbons (Fsp3) is 0.238. The Bertz CT molecular complexity index is 1230. The fourth-order valence-electron chi connectivity index (χ4n) is 3.45. The fourth-order valence-corrected chi connectivity index (χ4v) is 3.45. The highest BCUT2D eigenvalue weighted by Crippen LogP contribution is 2.36. The third-order valence-electron chi connectivity index (χ3n) is 4.96. The van der Waals surface area contributed by atoms with Crippen molar-refractivity contribution in [3.05, 3.63) is 59.7 Å². The molecule has 9 heteroatoms. The van der Waals surface area contributed by atoms with Crippen LogP contribution in [0.2, 0.25) is 0 Å². The molecule has 0 bridgehead atoms. The van der Waals surface area contributed by atoms with Crippen LogP contribution in [0.3, 0.4) is 0 Å². The molecule has 0 spiro atoms. The summed E-state index contributed by atoms with van der Waals surface area (Å²) < 4.78 is 53.4. The molecule has 1 unspecified atom stereocenters. The van der Waals surface area contributed by atoms with Gasteiger partial charge in [0.15, 0.2) is 11.5 Å². The average molecular weight is 416 g/mol. The second kappa shape index (κ2) is 7.74. The summed E-state index contributed by atoms with van der Waals surface area (Å²) in [4.78, 5) is 8.75. The number of alkyl halides is 2. The lowest BCUT2D eigenvalue weighted by molar-refractivity contribution is 0.146. The quantitative estimate of drug-likeness (QED) is 0.471. The van der Waals surface area contributed by atoms with Crippen LogP contribution >= 0.6 is 0 Å². The van der Waals surface area contributed by atoms with Gasteiger partial charge >= 0.3 is 0 Å². The van der Waals surface area contributed by atoms with Crippen LogP contribution in [0.1, 0.15) is 30.5 Å². The molecule has 0 aliphatic carbocycles. The number of methoxy groups -OCH3 is 2. The lowest BCUT2D eigenvalue weighted by Gasteiger charge is -2.19. The number of hydrogen-bond acceptors (Lipinski definition) is 5. The minimum Gasteiger partial charge on any atom is -0.493 e. The summed E-state index contributed by atoms with van der Waals surface area (Å²) >= 11 is 0. The number of aromatic nitrogens is 3. The van der Waals surface area contributed by atoms with Crippen LogP contribution in [0.4, 0.5) is 19.0 Å². The Balaban J connectivity index is 1.85. The third kappa shape index (κ3) is 3.26. The molecule has 4 aromatic rings. The Hall–Kier alpha value is -3.49. The first-order chi connectivity index (χ1) is 14.4. The van der Waals surface area contributed by atoms with Crippen LogP contribution in [0.5, 0.6) is 11.5 Å². The van der Waals surface area contributed by atoms with Crippen molar-refractivity contribution in [3.63, 3.8) is 0 Å². The van der Waals surface area contributed by atoms with Crippen LogP contribution in [0.15, 0.2) is 42.7 Å². The van der Waals surface area contributed by atoms with Crippen LogP contribution in [0, 0.1) is 5.82 Å². The maximum atomic E-state index is 14.6. The number of nitrogens with one attached hydrogen (secondary N) is 1. The Morgan fingerprint density at radius 2 is 1.77 bits per heavy atom. The average Bonchev–Trinajstić information content (AvgIpc) is 3.21. The number of halogens is 3. The van der Waals surface area contributed by atoms with Crippen LogP contribution in [0.25, 0.3) is 16.7 Å². The van der Waals surface area contributed by atoms with Gasteiger partial charge < -0.3 is 14.8 Å². The van der Waals surface area contributed by atoms with Gasteiger partial charge in [-0.2, -0.15) is 4.98 Å². The molecule has 1 atom stereocenters. The van der Waals surface area contributed by atoms with Gasteiger partial charge in [-0.25, -0.2) is 18.2 Å². The van der Waals surface area contributed by atoms with E-state index in [0.717, 1.165) is 11.6 Å². The molecule has 4 rings (SSSR count). The van der Waals surface area contributed by atoms with E-state index in [2.05, 4.69) is 15.3 Å². The number of fused-ring (bicyclic) bond motifs is 3. The van der Waals surface area contributed by atoms with E-state index in [1.807, 2.05) is 0 Å². The minimum absolute atomic E-state index is 0.117. The van der Waals surface area contributed by atoms with Gasteiger partial charge in [-0.1, -0.05) is 18.2 Å². The van der Waals surface area contributed by atoms with Gasteiger partial charge in [0.1, 0.15) is 11.6 Å². The van der Waals surface area contributed by atoms with Crippen LogP contribution in [-0.4, -0.2) is 28.6 Å². The molecular formula is C21H19F3N4O2. The number of ether oxygens (including phenoxy) is 2. The normalized spacial score (nSPS) is 12.5. The number of nitrogens with zero attached hydrogens (tertiary/aromatic N) is 3. The summed E-state index contributed by atoms with van der Waals surface area (Å²) in [5.74, 6) is 0.928. The Labute approximate surface area is 170 Å². The third-order valence-corrected chi connectivity index (χ3v) is 4.96. The van der Waals surface area contributed by atoms with Gasteiger partial charge in [0.2, 0.25) is 5.78 Å². The predicted molar refractivity (Wildman–Crippen MR) is 107 cm³/mol. The number of anilines is 1. The Morgan fingerprint density at radius 1 is 1.07 bits per heavy atom. The number of imidazole rings is 1. The van der Waals surface area contributed by atoms with Crippen molar-refractivity contribution in [1.82, 2.24) is 14.4 Å². The lowest BCUT2D eigenvalue weighted by Crippen LogP contribution is -2.12. The smallest absolute Gasteiger partial charge is 0.266 e. The molecule has 2 aromatic carbocycles. The highest BCUT2D eigenvalue weighted by molar-refractivity contribution is 5.93. The van der Waals surface area contributed by atoms with Gasteiger partial charge in [-0.3, -0.25) is 4.40 Å². The van der Waals surface area contributed by atoms with E-state index >= 15 is 0 Å². The highest BCUT2D eigenvalue weighted by atomic mass is 19.3. The molecule has 2 heterocycles. The molecule has 0 aliphatic rings. The van der Waals surface area contributed by atoms with Crippen molar-refractivity contribution in [2.75, 3.05) is 19.5 Å². The molecule has 1 N–H and O–H groups in total. The first-order valence-electron chi connectivity index (χ1n) is 9.16. The maximum Gasteiger partial charge on any atom is 0.266 e. The summed E-state index contributed by atoms with van der Waals surface area (Å²) in [6.45, 7) is 1.68. The van der Waals surface area contributed by atoms with Crippen molar-refractivity contribution in [3.8, 4) is 11.5 Å². The molecule has 0 aliphatic heterocycles. The van der Waals surface area contributed by atoms with E-state index in [9.17, 15) is 13.2 Å². The summed E-state index contributed by atoms with van der Waals surface area (Å²) in [7, 11) is 3.06. The molecule has 0 radical (unpaired) electrons. The second-order valence-corrected chi connectivity index (χ2v) is 6.70. The van der Waals surface area contributed by atoms with Gasteiger partial charge in [0.05, 0.1) is 31.3 Å². The van der Waals surface area contributed by atoms with Crippen molar-refractivity contribution in [2.24, 2.45) is 0 Å². The van der Waals surface area contributed by atoms with Gasteiger partial charge in [-0.15, -0.1) is 0 Å². The number of hydrogen-bond donors (Lipinski definition) is 1. The van der Waals surface area contributed by atoms with E-state index in [1.165, 1.54) is 26.4 Å². The predicted octanol–water partition coefficient (Wildman–Crippen LogP) is 5.15. The van der Waals surface area contributed by atoms with E-state index in [0.29, 0.717) is 28.5 Å². The molecule has 0 fully saturated rings. The van der Waals surface area contributed by atoms with E-state index in [1.54, 1.807) is 35.9 Å². The summed E-state index contributed by atoms with van der Waals surface area (Å²) in [5.41, 5.74) is 0.229. The van der Waals surface area contributed by atoms with Crippen molar-refractivity contribution >= 4 is 22.5 Å².